The van der Waals surface area contributed by atoms with Crippen molar-refractivity contribution in [2.45, 2.75) is 37.6 Å². The van der Waals surface area contributed by atoms with Gasteiger partial charge in [-0.15, -0.1) is 0 Å². The topological polar surface area (TPSA) is 70.6 Å². The molecule has 4 nitrogen and oxygen atoms in total. The van der Waals surface area contributed by atoms with Gasteiger partial charge in [0.25, 0.3) is 0 Å². The van der Waals surface area contributed by atoms with Gasteiger partial charge in [0, 0.05) is 12.6 Å². The van der Waals surface area contributed by atoms with Crippen molar-refractivity contribution in [3.8, 4) is 0 Å². The fraction of sp³-hybridized carbons (Fsp3) is 0.562. The summed E-state index contributed by atoms with van der Waals surface area (Å²) in [5, 5.41) is 15.9. The predicted octanol–water partition coefficient (Wildman–Crippen LogP) is 2.29. The third-order valence-corrected chi connectivity index (χ3v) is 4.49. The third kappa shape index (κ3) is 3.12. The van der Waals surface area contributed by atoms with Gasteiger partial charge in [-0.1, -0.05) is 35.5 Å². The summed E-state index contributed by atoms with van der Waals surface area (Å²) >= 11 is 0. The van der Waals surface area contributed by atoms with Gasteiger partial charge in [0.2, 0.25) is 0 Å². The van der Waals surface area contributed by atoms with Gasteiger partial charge in [0.1, 0.15) is 5.84 Å². The van der Waals surface area contributed by atoms with E-state index < -0.39 is 0 Å². The molecule has 1 unspecified atom stereocenters. The van der Waals surface area contributed by atoms with E-state index in [0.29, 0.717) is 6.04 Å². The van der Waals surface area contributed by atoms with Crippen molar-refractivity contribution in [1.29, 1.82) is 0 Å². The van der Waals surface area contributed by atoms with Crippen LogP contribution in [-0.2, 0) is 0 Å². The van der Waals surface area contributed by atoms with Crippen LogP contribution in [0.25, 0.3) is 0 Å². The summed E-state index contributed by atoms with van der Waals surface area (Å²) in [4.78, 5) is 0. The smallest absolute Gasteiger partial charge is 0.147 e. The van der Waals surface area contributed by atoms with Crippen LogP contribution in [0.2, 0.25) is 0 Å². The van der Waals surface area contributed by atoms with E-state index in [4.69, 9.17) is 10.9 Å². The number of nitrogens with two attached hydrogens (primary N) is 1. The lowest BCUT2D eigenvalue weighted by molar-refractivity contribution is 0.315. The van der Waals surface area contributed by atoms with Gasteiger partial charge in [-0.3, -0.25) is 0 Å². The van der Waals surface area contributed by atoms with Gasteiger partial charge in [-0.05, 0) is 43.1 Å². The minimum atomic E-state index is -0.0544. The van der Waals surface area contributed by atoms with Gasteiger partial charge < -0.3 is 16.3 Å². The Kier molecular flexibility index (Phi) is 3.92. The molecule has 0 bridgehead atoms. The molecule has 108 valence electrons. The van der Waals surface area contributed by atoms with E-state index in [1.165, 1.54) is 25.7 Å². The second-order valence-electron chi connectivity index (χ2n) is 6.10. The second kappa shape index (κ2) is 5.83. The largest absolute Gasteiger partial charge is 0.409 e. The normalized spacial score (nSPS) is 21.1. The van der Waals surface area contributed by atoms with Crippen LogP contribution >= 0.6 is 0 Å². The maximum absolute atomic E-state index is 9.01. The van der Waals surface area contributed by atoms with Crippen LogP contribution in [-0.4, -0.2) is 23.6 Å². The Balaban J connectivity index is 1.67. The first kappa shape index (κ1) is 13.4. The number of amidine groups is 1. The Labute approximate surface area is 120 Å². The molecule has 0 radical (unpaired) electrons. The van der Waals surface area contributed by atoms with Gasteiger partial charge in [0.05, 0.1) is 5.92 Å². The zero-order valence-corrected chi connectivity index (χ0v) is 11.7. The lowest BCUT2D eigenvalue weighted by Gasteiger charge is -2.22. The molecule has 2 aliphatic rings. The summed E-state index contributed by atoms with van der Waals surface area (Å²) < 4.78 is 0. The van der Waals surface area contributed by atoms with Gasteiger partial charge in [-0.25, -0.2) is 0 Å². The first-order valence-corrected chi connectivity index (χ1v) is 7.55. The van der Waals surface area contributed by atoms with Crippen molar-refractivity contribution >= 4 is 5.84 Å². The van der Waals surface area contributed by atoms with Gasteiger partial charge in [-0.2, -0.15) is 0 Å². The Morgan fingerprint density at radius 3 is 2.30 bits per heavy atom. The molecule has 4 N–H and O–H groups in total. The molecule has 20 heavy (non-hydrogen) atoms. The molecule has 3 rings (SSSR count). The quantitative estimate of drug-likeness (QED) is 0.309. The first-order chi connectivity index (χ1) is 9.79. The number of benzene rings is 1. The zero-order valence-electron chi connectivity index (χ0n) is 11.7. The lowest BCUT2D eigenvalue weighted by Crippen LogP contribution is -2.39. The van der Waals surface area contributed by atoms with Crippen LogP contribution in [0.15, 0.2) is 35.5 Å². The molecular weight excluding hydrogens is 250 g/mol. The SMILES string of the molecule is NC(=NO)C(CNC(C1CC1)C1CC1)c1ccccc1. The van der Waals surface area contributed by atoms with E-state index in [-0.39, 0.29) is 11.8 Å². The summed E-state index contributed by atoms with van der Waals surface area (Å²) in [5.41, 5.74) is 6.98. The molecule has 0 aliphatic heterocycles. The molecule has 0 heterocycles. The van der Waals surface area contributed by atoms with Crippen LogP contribution in [0.3, 0.4) is 0 Å². The van der Waals surface area contributed by atoms with E-state index in [1.807, 2.05) is 30.3 Å². The highest BCUT2D eigenvalue weighted by Crippen LogP contribution is 2.44. The molecular formula is C16H23N3O. The number of hydrogen-bond acceptors (Lipinski definition) is 3. The number of nitrogens with one attached hydrogen (secondary N) is 1. The van der Waals surface area contributed by atoms with E-state index in [1.54, 1.807) is 0 Å². The second-order valence-corrected chi connectivity index (χ2v) is 6.10. The van der Waals surface area contributed by atoms with Gasteiger partial charge >= 0.3 is 0 Å². The highest BCUT2D eigenvalue weighted by molar-refractivity contribution is 5.87. The van der Waals surface area contributed by atoms with Crippen molar-refractivity contribution in [3.63, 3.8) is 0 Å². The van der Waals surface area contributed by atoms with E-state index in [2.05, 4.69) is 10.5 Å². The summed E-state index contributed by atoms with van der Waals surface area (Å²) in [5.74, 6) is 1.94. The molecule has 1 atom stereocenters. The van der Waals surface area contributed by atoms with Crippen molar-refractivity contribution < 1.29 is 5.21 Å². The Morgan fingerprint density at radius 2 is 1.80 bits per heavy atom. The molecule has 0 aromatic heterocycles. The minimum absolute atomic E-state index is 0.0544. The lowest BCUT2D eigenvalue weighted by atomic mass is 9.97. The molecule has 1 aromatic carbocycles. The van der Waals surface area contributed by atoms with E-state index in [9.17, 15) is 0 Å². The minimum Gasteiger partial charge on any atom is -0.409 e. The third-order valence-electron chi connectivity index (χ3n) is 4.49. The molecule has 1 aromatic rings. The Morgan fingerprint density at radius 1 is 1.20 bits per heavy atom. The number of oxime groups is 1. The summed E-state index contributed by atoms with van der Waals surface area (Å²) in [6.45, 7) is 0.748. The molecule has 0 saturated heterocycles. The van der Waals surface area contributed by atoms with Crippen molar-refractivity contribution in [2.24, 2.45) is 22.7 Å². The fourth-order valence-corrected chi connectivity index (χ4v) is 3.03. The number of nitrogens with zero attached hydrogens (tertiary/aromatic N) is 1. The molecule has 2 aliphatic carbocycles. The molecule has 4 heteroatoms. The summed E-state index contributed by atoms with van der Waals surface area (Å²) in [7, 11) is 0. The predicted molar refractivity (Wildman–Crippen MR) is 79.8 cm³/mol. The zero-order chi connectivity index (χ0) is 13.9. The molecule has 0 spiro atoms. The number of rotatable bonds is 7. The molecule has 2 fully saturated rings. The van der Waals surface area contributed by atoms with Crippen molar-refractivity contribution in [3.05, 3.63) is 35.9 Å². The number of hydrogen-bond donors (Lipinski definition) is 3. The summed E-state index contributed by atoms with van der Waals surface area (Å²) in [6.07, 6.45) is 5.42. The van der Waals surface area contributed by atoms with E-state index >= 15 is 0 Å². The highest BCUT2D eigenvalue weighted by Gasteiger charge is 2.41. The van der Waals surface area contributed by atoms with Crippen LogP contribution in [0.5, 0.6) is 0 Å². The average Bonchev–Trinajstić information content (AvgIpc) is 3.37. The first-order valence-electron chi connectivity index (χ1n) is 7.55. The van der Waals surface area contributed by atoms with Crippen LogP contribution in [0.1, 0.15) is 37.2 Å². The van der Waals surface area contributed by atoms with Crippen LogP contribution < -0.4 is 11.1 Å². The highest BCUT2D eigenvalue weighted by atomic mass is 16.4. The Bertz CT molecular complexity index is 454. The fourth-order valence-electron chi connectivity index (χ4n) is 3.03. The van der Waals surface area contributed by atoms with Gasteiger partial charge in [0.15, 0.2) is 0 Å². The Hall–Kier alpha value is -1.55. The maximum atomic E-state index is 9.01. The molecule has 0 amide bonds. The van der Waals surface area contributed by atoms with Crippen LogP contribution in [0.4, 0.5) is 0 Å². The molecule has 2 saturated carbocycles. The van der Waals surface area contributed by atoms with Crippen LogP contribution in [0, 0.1) is 11.8 Å². The summed E-state index contributed by atoms with van der Waals surface area (Å²) in [6, 6.07) is 10.7. The van der Waals surface area contributed by atoms with Crippen molar-refractivity contribution in [2.75, 3.05) is 6.54 Å². The van der Waals surface area contributed by atoms with Crippen molar-refractivity contribution in [1.82, 2.24) is 5.32 Å². The average molecular weight is 273 g/mol. The van der Waals surface area contributed by atoms with E-state index in [0.717, 1.165) is 23.9 Å². The standard InChI is InChI=1S/C16H23N3O/c17-16(19-20)14(11-4-2-1-3-5-11)10-18-15(12-6-7-12)13-8-9-13/h1-5,12-15,18,20H,6-10H2,(H2,17,19). The monoisotopic (exact) mass is 273 g/mol. The maximum Gasteiger partial charge on any atom is 0.147 e.